The predicted molar refractivity (Wildman–Crippen MR) is 144 cm³/mol. The van der Waals surface area contributed by atoms with Gasteiger partial charge in [-0.3, -0.25) is 9.59 Å². The van der Waals surface area contributed by atoms with E-state index in [1.807, 2.05) is 36.4 Å². The molecule has 0 spiro atoms. The van der Waals surface area contributed by atoms with Crippen molar-refractivity contribution in [2.45, 2.75) is 6.92 Å². The van der Waals surface area contributed by atoms with Gasteiger partial charge in [0.05, 0.1) is 28.7 Å². The number of methoxy groups -OCH3 is 1. The molecular weight excluding hydrogens is 594 g/mol. The lowest BCUT2D eigenvalue weighted by Gasteiger charge is -2.13. The zero-order chi connectivity index (χ0) is 25.4. The molecule has 0 N–H and O–H groups in total. The highest BCUT2D eigenvalue weighted by atomic mass is 79.9. The van der Waals surface area contributed by atoms with Crippen molar-refractivity contribution in [2.24, 2.45) is 5.10 Å². The lowest BCUT2D eigenvalue weighted by atomic mass is 10.2. The Kier molecular flexibility index (Phi) is 6.46. The molecule has 5 rings (SSSR count). The first-order chi connectivity index (χ1) is 17.4. The number of esters is 1. The first kappa shape index (κ1) is 24.0. The molecule has 0 radical (unpaired) electrons. The molecular formula is C26H17Br2N3O5. The summed E-state index contributed by atoms with van der Waals surface area (Å²) < 4.78 is 18.9. The summed E-state index contributed by atoms with van der Waals surface area (Å²) >= 11 is 6.93. The lowest BCUT2D eigenvalue weighted by Crippen LogP contribution is -2.20. The number of hydrogen-bond acceptors (Lipinski definition) is 7. The van der Waals surface area contributed by atoms with Gasteiger partial charge in [-0.15, -0.1) is 0 Å². The van der Waals surface area contributed by atoms with Gasteiger partial charge in [0.25, 0.3) is 5.56 Å². The minimum atomic E-state index is -0.494. The number of furan rings is 1. The van der Waals surface area contributed by atoms with Crippen molar-refractivity contribution in [3.8, 4) is 23.1 Å². The molecule has 0 saturated carbocycles. The van der Waals surface area contributed by atoms with Crippen LogP contribution in [0.25, 0.3) is 33.5 Å². The Labute approximate surface area is 221 Å². The van der Waals surface area contributed by atoms with E-state index in [1.165, 1.54) is 24.9 Å². The molecule has 2 aromatic heterocycles. The van der Waals surface area contributed by atoms with Crippen molar-refractivity contribution in [2.75, 3.05) is 7.11 Å². The van der Waals surface area contributed by atoms with E-state index in [-0.39, 0.29) is 17.1 Å². The second kappa shape index (κ2) is 9.71. The van der Waals surface area contributed by atoms with E-state index >= 15 is 0 Å². The lowest BCUT2D eigenvalue weighted by molar-refractivity contribution is -0.132. The van der Waals surface area contributed by atoms with Crippen LogP contribution in [0.2, 0.25) is 0 Å². The van der Waals surface area contributed by atoms with Gasteiger partial charge in [0.1, 0.15) is 5.58 Å². The van der Waals surface area contributed by atoms with Gasteiger partial charge in [0.2, 0.25) is 5.82 Å². The van der Waals surface area contributed by atoms with Crippen LogP contribution in [0.15, 0.2) is 83.9 Å². The monoisotopic (exact) mass is 609 g/mol. The number of rotatable bonds is 5. The first-order valence-electron chi connectivity index (χ1n) is 10.7. The van der Waals surface area contributed by atoms with E-state index in [0.29, 0.717) is 42.5 Å². The summed E-state index contributed by atoms with van der Waals surface area (Å²) in [6.45, 7) is 1.30. The number of para-hydroxylation sites is 2. The molecule has 180 valence electrons. The molecule has 0 aliphatic rings. The van der Waals surface area contributed by atoms with E-state index < -0.39 is 5.97 Å². The second-order valence-corrected chi connectivity index (χ2v) is 9.27. The van der Waals surface area contributed by atoms with Crippen molar-refractivity contribution < 1.29 is 18.7 Å². The van der Waals surface area contributed by atoms with Crippen LogP contribution in [0.4, 0.5) is 0 Å². The predicted octanol–water partition coefficient (Wildman–Crippen LogP) is 6.15. The molecule has 0 atom stereocenters. The van der Waals surface area contributed by atoms with E-state index in [1.54, 1.807) is 24.3 Å². The number of hydrogen-bond donors (Lipinski definition) is 0. The van der Waals surface area contributed by atoms with Gasteiger partial charge < -0.3 is 13.9 Å². The molecule has 0 aliphatic heterocycles. The highest BCUT2D eigenvalue weighted by Crippen LogP contribution is 2.42. The van der Waals surface area contributed by atoms with E-state index in [0.717, 1.165) is 5.39 Å². The van der Waals surface area contributed by atoms with Gasteiger partial charge >= 0.3 is 5.97 Å². The Hall–Kier alpha value is -3.76. The fraction of sp³-hybridized carbons (Fsp3) is 0.0769. The van der Waals surface area contributed by atoms with Gasteiger partial charge in [-0.25, -0.2) is 4.98 Å². The average molecular weight is 611 g/mol. The molecule has 3 aromatic carbocycles. The van der Waals surface area contributed by atoms with Gasteiger partial charge in [0.15, 0.2) is 17.3 Å². The highest BCUT2D eigenvalue weighted by Gasteiger charge is 2.19. The van der Waals surface area contributed by atoms with Crippen LogP contribution < -0.4 is 15.0 Å². The van der Waals surface area contributed by atoms with Gasteiger partial charge in [0, 0.05) is 22.3 Å². The quantitative estimate of drug-likeness (QED) is 0.135. The maximum Gasteiger partial charge on any atom is 0.308 e. The Morgan fingerprint density at radius 1 is 1.08 bits per heavy atom. The first-order valence-corrected chi connectivity index (χ1v) is 12.3. The minimum Gasteiger partial charge on any atom is -0.493 e. The Morgan fingerprint density at radius 3 is 2.58 bits per heavy atom. The van der Waals surface area contributed by atoms with Gasteiger partial charge in [-0.05, 0) is 62.2 Å². The van der Waals surface area contributed by atoms with Crippen LogP contribution in [0.5, 0.6) is 11.5 Å². The number of carbonyl (C=O) groups excluding carboxylic acids is 1. The number of nitrogens with zero attached hydrogens (tertiary/aromatic N) is 3. The molecule has 8 nitrogen and oxygen atoms in total. The largest absolute Gasteiger partial charge is 0.493 e. The number of ether oxygens (including phenoxy) is 2. The molecule has 0 aliphatic carbocycles. The van der Waals surface area contributed by atoms with Crippen LogP contribution in [0.3, 0.4) is 0 Å². The Bertz CT molecular complexity index is 1710. The summed E-state index contributed by atoms with van der Waals surface area (Å²) in [7, 11) is 1.46. The van der Waals surface area contributed by atoms with E-state index in [2.05, 4.69) is 41.9 Å². The SMILES string of the molecule is COc1cc(C=Nn2c(-c3cc4ccccc4o3)nc3ccccc3c2=O)c(Br)c(Br)c1OC(C)=O. The van der Waals surface area contributed by atoms with Crippen molar-refractivity contribution in [1.82, 2.24) is 9.66 Å². The molecule has 2 heterocycles. The fourth-order valence-electron chi connectivity index (χ4n) is 3.69. The topological polar surface area (TPSA) is 95.9 Å². The number of halogens is 2. The Morgan fingerprint density at radius 2 is 1.83 bits per heavy atom. The molecule has 36 heavy (non-hydrogen) atoms. The zero-order valence-corrected chi connectivity index (χ0v) is 22.2. The van der Waals surface area contributed by atoms with Crippen LogP contribution in [0.1, 0.15) is 12.5 Å². The number of aromatic nitrogens is 2. The second-order valence-electron chi connectivity index (χ2n) is 7.68. The number of fused-ring (bicyclic) bond motifs is 2. The third kappa shape index (κ3) is 4.33. The molecule has 10 heteroatoms. The normalized spacial score (nSPS) is 11.4. The van der Waals surface area contributed by atoms with Crippen LogP contribution >= 0.6 is 31.9 Å². The van der Waals surface area contributed by atoms with Crippen molar-refractivity contribution >= 4 is 65.9 Å². The third-order valence-corrected chi connectivity index (χ3v) is 7.48. The molecule has 0 fully saturated rings. The maximum absolute atomic E-state index is 13.5. The minimum absolute atomic E-state index is 0.224. The van der Waals surface area contributed by atoms with Crippen molar-refractivity contribution in [1.29, 1.82) is 0 Å². The highest BCUT2D eigenvalue weighted by molar-refractivity contribution is 9.13. The van der Waals surface area contributed by atoms with Crippen molar-refractivity contribution in [3.63, 3.8) is 0 Å². The van der Waals surface area contributed by atoms with Crippen molar-refractivity contribution in [3.05, 3.63) is 85.5 Å². The molecule has 0 saturated heterocycles. The van der Waals surface area contributed by atoms with Crippen LogP contribution in [-0.2, 0) is 4.79 Å². The van der Waals surface area contributed by atoms with Gasteiger partial charge in [-0.2, -0.15) is 9.78 Å². The zero-order valence-electron chi connectivity index (χ0n) is 19.0. The Balaban J connectivity index is 1.70. The molecule has 0 amide bonds. The summed E-state index contributed by atoms with van der Waals surface area (Å²) in [5, 5.41) is 5.78. The summed E-state index contributed by atoms with van der Waals surface area (Å²) in [6.07, 6.45) is 1.49. The standard InChI is InChI=1S/C26H17Br2N3O5/c1-14(32)35-24-20(34-2)12-16(22(27)23(24)28)13-29-31-25(21-11-15-7-3-6-10-19(15)36-21)30-18-9-5-4-8-17(18)26(31)33/h3-13H,1-2H3. The molecule has 5 aromatic rings. The smallest absolute Gasteiger partial charge is 0.308 e. The van der Waals surface area contributed by atoms with Crippen LogP contribution in [0, 0.1) is 0 Å². The number of carbonyl (C=O) groups is 1. The van der Waals surface area contributed by atoms with E-state index in [4.69, 9.17) is 13.9 Å². The summed E-state index contributed by atoms with van der Waals surface area (Å²) in [6, 6.07) is 18.0. The van der Waals surface area contributed by atoms with E-state index in [9.17, 15) is 9.59 Å². The summed E-state index contributed by atoms with van der Waals surface area (Å²) in [5.74, 6) is 0.695. The summed E-state index contributed by atoms with van der Waals surface area (Å²) in [5.41, 5.74) is 1.40. The number of benzene rings is 3. The third-order valence-electron chi connectivity index (χ3n) is 5.33. The summed E-state index contributed by atoms with van der Waals surface area (Å²) in [4.78, 5) is 29.7. The fourth-order valence-corrected chi connectivity index (χ4v) is 4.59. The molecule has 0 unspecified atom stereocenters. The average Bonchev–Trinajstić information content (AvgIpc) is 3.31. The molecule has 0 bridgehead atoms. The maximum atomic E-state index is 13.5. The van der Waals surface area contributed by atoms with Crippen LogP contribution in [-0.4, -0.2) is 29.0 Å². The van der Waals surface area contributed by atoms with Gasteiger partial charge in [-0.1, -0.05) is 30.3 Å².